The van der Waals surface area contributed by atoms with Gasteiger partial charge in [0.2, 0.25) is 0 Å². The maximum atomic E-state index is 12.3. The van der Waals surface area contributed by atoms with Gasteiger partial charge in [-0.05, 0) is 44.0 Å². The van der Waals surface area contributed by atoms with Gasteiger partial charge in [-0.2, -0.15) is 0 Å². The standard InChI is InChI=1S/C16H21NO3/c1-3-17(9-5-11-19)16(20)15-8-7-14(6-4-10-18)13(2)12-15/h7-8,12,18-19H,3,5,9-11H2,1-2H3. The van der Waals surface area contributed by atoms with Gasteiger partial charge in [0.1, 0.15) is 6.61 Å². The summed E-state index contributed by atoms with van der Waals surface area (Å²) in [6, 6.07) is 5.36. The number of aliphatic hydroxyl groups excluding tert-OH is 2. The quantitative estimate of drug-likeness (QED) is 0.793. The van der Waals surface area contributed by atoms with Gasteiger partial charge in [-0.3, -0.25) is 4.79 Å². The molecule has 0 aliphatic carbocycles. The van der Waals surface area contributed by atoms with Crippen molar-refractivity contribution in [3.05, 3.63) is 34.9 Å². The molecular weight excluding hydrogens is 254 g/mol. The van der Waals surface area contributed by atoms with E-state index in [0.717, 1.165) is 11.1 Å². The third-order valence-electron chi connectivity index (χ3n) is 3.03. The Morgan fingerprint density at radius 2 is 2.10 bits per heavy atom. The molecule has 2 N–H and O–H groups in total. The Balaban J connectivity index is 2.90. The van der Waals surface area contributed by atoms with Crippen LogP contribution in [-0.4, -0.2) is 47.3 Å². The van der Waals surface area contributed by atoms with E-state index < -0.39 is 0 Å². The van der Waals surface area contributed by atoms with Gasteiger partial charge in [0.15, 0.2) is 0 Å². The minimum atomic E-state index is -0.176. The highest BCUT2D eigenvalue weighted by Gasteiger charge is 2.14. The van der Waals surface area contributed by atoms with Crippen LogP contribution >= 0.6 is 0 Å². The number of aliphatic hydroxyl groups is 2. The third kappa shape index (κ3) is 4.37. The van der Waals surface area contributed by atoms with Crippen LogP contribution in [0.4, 0.5) is 0 Å². The normalized spacial score (nSPS) is 9.80. The topological polar surface area (TPSA) is 60.8 Å². The summed E-state index contributed by atoms with van der Waals surface area (Å²) in [6.45, 7) is 4.88. The summed E-state index contributed by atoms with van der Waals surface area (Å²) in [4.78, 5) is 14.0. The Morgan fingerprint density at radius 1 is 1.35 bits per heavy atom. The zero-order valence-corrected chi connectivity index (χ0v) is 12.0. The maximum Gasteiger partial charge on any atom is 0.253 e. The molecule has 0 saturated heterocycles. The van der Waals surface area contributed by atoms with E-state index in [1.807, 2.05) is 19.9 Å². The van der Waals surface area contributed by atoms with Gasteiger partial charge in [-0.25, -0.2) is 0 Å². The van der Waals surface area contributed by atoms with Crippen LogP contribution in [0.15, 0.2) is 18.2 Å². The summed E-state index contributed by atoms with van der Waals surface area (Å²) in [5.74, 6) is 5.41. The second-order valence-electron chi connectivity index (χ2n) is 4.45. The molecule has 4 nitrogen and oxygen atoms in total. The van der Waals surface area contributed by atoms with E-state index in [1.165, 1.54) is 0 Å². The number of amides is 1. The van der Waals surface area contributed by atoms with Crippen LogP contribution in [0, 0.1) is 18.8 Å². The first-order valence-electron chi connectivity index (χ1n) is 6.74. The van der Waals surface area contributed by atoms with E-state index in [1.54, 1.807) is 17.0 Å². The minimum absolute atomic E-state index is 0.0364. The van der Waals surface area contributed by atoms with Gasteiger partial charge >= 0.3 is 0 Å². The molecule has 0 radical (unpaired) electrons. The molecule has 0 heterocycles. The predicted octanol–water partition coefficient (Wildman–Crippen LogP) is 1.18. The zero-order chi connectivity index (χ0) is 15.0. The summed E-state index contributed by atoms with van der Waals surface area (Å²) in [5.41, 5.74) is 2.35. The molecule has 108 valence electrons. The Hall–Kier alpha value is -1.83. The first kappa shape index (κ1) is 16.2. The molecule has 0 bridgehead atoms. The van der Waals surface area contributed by atoms with Crippen LogP contribution < -0.4 is 0 Å². The highest BCUT2D eigenvalue weighted by atomic mass is 16.3. The van der Waals surface area contributed by atoms with Crippen molar-refractivity contribution in [2.75, 3.05) is 26.3 Å². The van der Waals surface area contributed by atoms with Gasteiger partial charge in [-0.15, -0.1) is 0 Å². The molecule has 1 amide bonds. The lowest BCUT2D eigenvalue weighted by Gasteiger charge is -2.20. The van der Waals surface area contributed by atoms with Crippen molar-refractivity contribution in [3.8, 4) is 11.8 Å². The van der Waals surface area contributed by atoms with Gasteiger partial charge < -0.3 is 15.1 Å². The van der Waals surface area contributed by atoms with E-state index in [-0.39, 0.29) is 19.1 Å². The SMILES string of the molecule is CCN(CCCO)C(=O)c1ccc(C#CCO)c(C)c1. The van der Waals surface area contributed by atoms with Crippen LogP contribution in [0.3, 0.4) is 0 Å². The molecule has 0 fully saturated rings. The molecule has 0 atom stereocenters. The van der Waals surface area contributed by atoms with E-state index in [0.29, 0.717) is 25.1 Å². The highest BCUT2D eigenvalue weighted by molar-refractivity contribution is 5.94. The van der Waals surface area contributed by atoms with Crippen LogP contribution in [-0.2, 0) is 0 Å². The number of benzene rings is 1. The minimum Gasteiger partial charge on any atom is -0.396 e. The monoisotopic (exact) mass is 275 g/mol. The average Bonchev–Trinajstić information content (AvgIpc) is 2.46. The van der Waals surface area contributed by atoms with Crippen LogP contribution in [0.1, 0.15) is 34.8 Å². The zero-order valence-electron chi connectivity index (χ0n) is 12.0. The molecule has 1 rings (SSSR count). The molecular formula is C16H21NO3. The van der Waals surface area contributed by atoms with Crippen LogP contribution in [0.5, 0.6) is 0 Å². The fourth-order valence-corrected chi connectivity index (χ4v) is 1.92. The van der Waals surface area contributed by atoms with E-state index in [4.69, 9.17) is 10.2 Å². The first-order valence-corrected chi connectivity index (χ1v) is 6.74. The lowest BCUT2D eigenvalue weighted by atomic mass is 10.0. The second-order valence-corrected chi connectivity index (χ2v) is 4.45. The van der Waals surface area contributed by atoms with Gasteiger partial charge in [0, 0.05) is 30.8 Å². The smallest absolute Gasteiger partial charge is 0.253 e. The number of nitrogens with zero attached hydrogens (tertiary/aromatic N) is 1. The molecule has 1 aromatic carbocycles. The molecule has 4 heteroatoms. The highest BCUT2D eigenvalue weighted by Crippen LogP contribution is 2.12. The lowest BCUT2D eigenvalue weighted by molar-refractivity contribution is 0.0754. The van der Waals surface area contributed by atoms with Gasteiger partial charge in [0.25, 0.3) is 5.91 Å². The summed E-state index contributed by atoms with van der Waals surface area (Å²) < 4.78 is 0. The fraction of sp³-hybridized carbons (Fsp3) is 0.438. The molecule has 0 aliphatic heterocycles. The number of hydrogen-bond acceptors (Lipinski definition) is 3. The number of carbonyl (C=O) groups is 1. The van der Waals surface area contributed by atoms with Crippen molar-refractivity contribution in [1.29, 1.82) is 0 Å². The molecule has 0 aliphatic rings. The Morgan fingerprint density at radius 3 is 2.65 bits per heavy atom. The number of aryl methyl sites for hydroxylation is 1. The average molecular weight is 275 g/mol. The predicted molar refractivity (Wildman–Crippen MR) is 78.4 cm³/mol. The molecule has 0 spiro atoms. The fourth-order valence-electron chi connectivity index (χ4n) is 1.92. The van der Waals surface area contributed by atoms with Crippen LogP contribution in [0.2, 0.25) is 0 Å². The number of carbonyl (C=O) groups excluding carboxylic acids is 1. The Kier molecular flexibility index (Phi) is 6.78. The molecule has 0 saturated carbocycles. The van der Waals surface area contributed by atoms with Crippen molar-refractivity contribution in [1.82, 2.24) is 4.90 Å². The summed E-state index contributed by atoms with van der Waals surface area (Å²) in [5, 5.41) is 17.5. The maximum absolute atomic E-state index is 12.3. The molecule has 20 heavy (non-hydrogen) atoms. The lowest BCUT2D eigenvalue weighted by Crippen LogP contribution is -2.32. The molecule has 1 aromatic rings. The van der Waals surface area contributed by atoms with Crippen molar-refractivity contribution in [3.63, 3.8) is 0 Å². The molecule has 0 aromatic heterocycles. The Bertz CT molecular complexity index is 514. The first-order chi connectivity index (χ1) is 9.63. The summed E-state index contributed by atoms with van der Waals surface area (Å²) >= 11 is 0. The van der Waals surface area contributed by atoms with E-state index in [2.05, 4.69) is 11.8 Å². The molecule has 0 unspecified atom stereocenters. The van der Waals surface area contributed by atoms with E-state index >= 15 is 0 Å². The summed E-state index contributed by atoms with van der Waals surface area (Å²) in [6.07, 6.45) is 0.582. The second kappa shape index (κ2) is 8.36. The van der Waals surface area contributed by atoms with Gasteiger partial charge in [-0.1, -0.05) is 11.8 Å². The van der Waals surface area contributed by atoms with Crippen molar-refractivity contribution in [2.45, 2.75) is 20.3 Å². The summed E-state index contributed by atoms with van der Waals surface area (Å²) in [7, 11) is 0. The number of rotatable bonds is 5. The van der Waals surface area contributed by atoms with E-state index in [9.17, 15) is 4.79 Å². The third-order valence-corrected chi connectivity index (χ3v) is 3.03. The van der Waals surface area contributed by atoms with Gasteiger partial charge in [0.05, 0.1) is 0 Å². The van der Waals surface area contributed by atoms with Crippen molar-refractivity contribution < 1.29 is 15.0 Å². The largest absolute Gasteiger partial charge is 0.396 e. The van der Waals surface area contributed by atoms with Crippen molar-refractivity contribution in [2.24, 2.45) is 0 Å². The van der Waals surface area contributed by atoms with Crippen molar-refractivity contribution >= 4 is 5.91 Å². The number of hydrogen-bond donors (Lipinski definition) is 2. The van der Waals surface area contributed by atoms with Crippen LogP contribution in [0.25, 0.3) is 0 Å². The Labute approximate surface area is 120 Å².